The number of carboxylic acids is 1. The molecule has 1 heterocycles. The summed E-state index contributed by atoms with van der Waals surface area (Å²) in [6.45, 7) is 5.06. The van der Waals surface area contributed by atoms with Gasteiger partial charge in [0.15, 0.2) is 0 Å². The second-order valence-electron chi connectivity index (χ2n) is 5.68. The second-order valence-corrected chi connectivity index (χ2v) is 5.68. The van der Waals surface area contributed by atoms with E-state index in [-0.39, 0.29) is 23.7 Å². The van der Waals surface area contributed by atoms with Gasteiger partial charge in [-0.3, -0.25) is 9.59 Å². The van der Waals surface area contributed by atoms with Gasteiger partial charge in [0.1, 0.15) is 0 Å². The molecule has 17 heavy (non-hydrogen) atoms. The van der Waals surface area contributed by atoms with Crippen molar-refractivity contribution in [3.8, 4) is 0 Å². The van der Waals surface area contributed by atoms with Crippen molar-refractivity contribution in [3.63, 3.8) is 0 Å². The molecule has 1 saturated heterocycles. The van der Waals surface area contributed by atoms with E-state index in [1.807, 2.05) is 6.92 Å². The lowest BCUT2D eigenvalue weighted by Crippen LogP contribution is -2.36. The highest BCUT2D eigenvalue weighted by Gasteiger charge is 2.40. The van der Waals surface area contributed by atoms with E-state index >= 15 is 0 Å². The molecule has 1 saturated carbocycles. The number of likely N-dealkylation sites (tertiary alicyclic amines) is 1. The first kappa shape index (κ1) is 12.4. The molecular formula is C13H21NO3. The van der Waals surface area contributed by atoms with E-state index in [9.17, 15) is 9.59 Å². The van der Waals surface area contributed by atoms with Crippen LogP contribution in [0, 0.1) is 23.7 Å². The fourth-order valence-electron chi connectivity index (χ4n) is 3.22. The van der Waals surface area contributed by atoms with Gasteiger partial charge in [-0.2, -0.15) is 0 Å². The van der Waals surface area contributed by atoms with Crippen LogP contribution in [-0.4, -0.2) is 35.0 Å². The molecule has 1 N–H and O–H groups in total. The predicted molar refractivity (Wildman–Crippen MR) is 63.4 cm³/mol. The van der Waals surface area contributed by atoms with Gasteiger partial charge in [-0.1, -0.05) is 20.3 Å². The van der Waals surface area contributed by atoms with Crippen molar-refractivity contribution in [2.75, 3.05) is 13.1 Å². The highest BCUT2D eigenvalue weighted by molar-refractivity contribution is 5.81. The standard InChI is InChI=1S/C13H21NO3/c1-8-4-3-5-10(8)12(15)14-6-9(2)11(7-14)13(16)17/h8-11H,3-7H2,1-2H3,(H,16,17)/t8?,9-,10?,11-/m1/s1. The zero-order chi connectivity index (χ0) is 12.6. The lowest BCUT2D eigenvalue weighted by atomic mass is 9.97. The Labute approximate surface area is 102 Å². The Hall–Kier alpha value is -1.06. The molecule has 2 unspecified atom stereocenters. The molecule has 96 valence electrons. The Balaban J connectivity index is 2.00. The average molecular weight is 239 g/mol. The molecule has 0 bridgehead atoms. The van der Waals surface area contributed by atoms with Gasteiger partial charge in [0.25, 0.3) is 0 Å². The summed E-state index contributed by atoms with van der Waals surface area (Å²) in [4.78, 5) is 25.1. The summed E-state index contributed by atoms with van der Waals surface area (Å²) in [5.74, 6) is -0.293. The first-order chi connectivity index (χ1) is 8.00. The van der Waals surface area contributed by atoms with Crippen LogP contribution in [-0.2, 0) is 9.59 Å². The van der Waals surface area contributed by atoms with E-state index in [2.05, 4.69) is 6.92 Å². The number of nitrogens with zero attached hydrogens (tertiary/aromatic N) is 1. The van der Waals surface area contributed by atoms with Crippen LogP contribution in [0.5, 0.6) is 0 Å². The van der Waals surface area contributed by atoms with Gasteiger partial charge in [0, 0.05) is 19.0 Å². The third kappa shape index (κ3) is 2.31. The van der Waals surface area contributed by atoms with Gasteiger partial charge in [-0.05, 0) is 24.7 Å². The van der Waals surface area contributed by atoms with Crippen molar-refractivity contribution in [1.82, 2.24) is 4.90 Å². The van der Waals surface area contributed by atoms with Gasteiger partial charge >= 0.3 is 5.97 Å². The van der Waals surface area contributed by atoms with Crippen LogP contribution < -0.4 is 0 Å². The van der Waals surface area contributed by atoms with Crippen LogP contribution in [0.2, 0.25) is 0 Å². The molecule has 0 aromatic rings. The highest BCUT2D eigenvalue weighted by Crippen LogP contribution is 2.34. The predicted octanol–water partition coefficient (Wildman–Crippen LogP) is 1.60. The lowest BCUT2D eigenvalue weighted by Gasteiger charge is -2.22. The third-order valence-electron chi connectivity index (χ3n) is 4.42. The fraction of sp³-hybridized carbons (Fsp3) is 0.846. The molecule has 2 aliphatic rings. The minimum absolute atomic E-state index is 0.0770. The molecule has 4 atom stereocenters. The Kier molecular flexibility index (Phi) is 3.40. The summed E-state index contributed by atoms with van der Waals surface area (Å²) in [7, 11) is 0. The van der Waals surface area contributed by atoms with Crippen molar-refractivity contribution in [3.05, 3.63) is 0 Å². The Morgan fingerprint density at radius 1 is 1.06 bits per heavy atom. The first-order valence-corrected chi connectivity index (χ1v) is 6.52. The van der Waals surface area contributed by atoms with E-state index in [1.165, 1.54) is 0 Å². The molecule has 2 fully saturated rings. The summed E-state index contributed by atoms with van der Waals surface area (Å²) >= 11 is 0. The highest BCUT2D eigenvalue weighted by atomic mass is 16.4. The zero-order valence-corrected chi connectivity index (χ0v) is 10.6. The molecule has 1 amide bonds. The molecule has 1 aliphatic heterocycles. The summed E-state index contributed by atoms with van der Waals surface area (Å²) < 4.78 is 0. The lowest BCUT2D eigenvalue weighted by molar-refractivity contribution is -0.142. The number of hydrogen-bond donors (Lipinski definition) is 1. The molecule has 4 nitrogen and oxygen atoms in total. The maximum Gasteiger partial charge on any atom is 0.308 e. The summed E-state index contributed by atoms with van der Waals surface area (Å²) in [5, 5.41) is 9.06. The monoisotopic (exact) mass is 239 g/mol. The zero-order valence-electron chi connectivity index (χ0n) is 10.6. The number of hydrogen-bond acceptors (Lipinski definition) is 2. The number of carboxylic acid groups (broad SMARTS) is 1. The van der Waals surface area contributed by atoms with Gasteiger partial charge in [-0.15, -0.1) is 0 Å². The Bertz CT molecular complexity index is 329. The van der Waals surface area contributed by atoms with Crippen molar-refractivity contribution in [2.45, 2.75) is 33.1 Å². The summed E-state index contributed by atoms with van der Waals surface area (Å²) in [5.41, 5.74) is 0. The van der Waals surface area contributed by atoms with Crippen molar-refractivity contribution in [2.24, 2.45) is 23.7 Å². The number of carbonyl (C=O) groups excluding carboxylic acids is 1. The molecule has 1 aliphatic carbocycles. The topological polar surface area (TPSA) is 57.6 Å². The van der Waals surface area contributed by atoms with E-state index in [0.29, 0.717) is 19.0 Å². The van der Waals surface area contributed by atoms with Gasteiger partial charge in [-0.25, -0.2) is 0 Å². The first-order valence-electron chi connectivity index (χ1n) is 6.52. The van der Waals surface area contributed by atoms with Gasteiger partial charge in [0.2, 0.25) is 5.91 Å². The quantitative estimate of drug-likeness (QED) is 0.796. The fourth-order valence-corrected chi connectivity index (χ4v) is 3.22. The molecule has 0 aromatic heterocycles. The minimum Gasteiger partial charge on any atom is -0.481 e. The molecule has 4 heteroatoms. The summed E-state index contributed by atoms with van der Waals surface area (Å²) in [6, 6.07) is 0. The van der Waals surface area contributed by atoms with Crippen LogP contribution in [0.25, 0.3) is 0 Å². The van der Waals surface area contributed by atoms with E-state index in [1.54, 1.807) is 4.90 Å². The molecular weight excluding hydrogens is 218 g/mol. The second kappa shape index (κ2) is 4.67. The average Bonchev–Trinajstić information content (AvgIpc) is 2.83. The van der Waals surface area contributed by atoms with Crippen LogP contribution >= 0.6 is 0 Å². The van der Waals surface area contributed by atoms with Crippen LogP contribution in [0.15, 0.2) is 0 Å². The maximum absolute atomic E-state index is 12.3. The van der Waals surface area contributed by atoms with E-state index < -0.39 is 5.97 Å². The molecule has 2 rings (SSSR count). The Morgan fingerprint density at radius 2 is 1.76 bits per heavy atom. The molecule has 0 aromatic carbocycles. The molecule has 0 spiro atoms. The smallest absolute Gasteiger partial charge is 0.308 e. The number of amides is 1. The van der Waals surface area contributed by atoms with Crippen molar-refractivity contribution in [1.29, 1.82) is 0 Å². The van der Waals surface area contributed by atoms with Gasteiger partial charge < -0.3 is 10.0 Å². The Morgan fingerprint density at radius 3 is 2.24 bits per heavy atom. The SMILES string of the molecule is CC1CCCC1C(=O)N1C[C@@H](C)[C@H](C(=O)O)C1. The van der Waals surface area contributed by atoms with Crippen molar-refractivity contribution >= 4 is 11.9 Å². The van der Waals surface area contributed by atoms with E-state index in [4.69, 9.17) is 5.11 Å². The maximum atomic E-state index is 12.3. The molecule has 0 radical (unpaired) electrons. The normalized spacial score (nSPS) is 37.4. The van der Waals surface area contributed by atoms with E-state index in [0.717, 1.165) is 19.3 Å². The van der Waals surface area contributed by atoms with Crippen molar-refractivity contribution < 1.29 is 14.7 Å². The summed E-state index contributed by atoms with van der Waals surface area (Å²) in [6.07, 6.45) is 3.23. The number of aliphatic carboxylic acids is 1. The number of rotatable bonds is 2. The largest absolute Gasteiger partial charge is 0.481 e. The third-order valence-corrected chi connectivity index (χ3v) is 4.42. The van der Waals surface area contributed by atoms with Gasteiger partial charge in [0.05, 0.1) is 5.92 Å². The van der Waals surface area contributed by atoms with Crippen LogP contribution in [0.1, 0.15) is 33.1 Å². The number of carbonyl (C=O) groups is 2. The minimum atomic E-state index is -0.771. The van der Waals surface area contributed by atoms with Crippen LogP contribution in [0.3, 0.4) is 0 Å². The van der Waals surface area contributed by atoms with Crippen LogP contribution in [0.4, 0.5) is 0 Å².